The smallest absolute Gasteiger partial charge is 0.267 e. The monoisotopic (exact) mass is 230 g/mol. The predicted molar refractivity (Wildman–Crippen MR) is 59.1 cm³/mol. The number of carbonyl (C=O) groups excluding carboxylic acids is 1. The summed E-state index contributed by atoms with van der Waals surface area (Å²) < 4.78 is 1.68. The van der Waals surface area contributed by atoms with Gasteiger partial charge < -0.3 is 15.0 Å². The maximum absolute atomic E-state index is 11.6. The minimum atomic E-state index is -0.137. The molecule has 0 atom stereocenters. The molecule has 0 saturated heterocycles. The molecule has 0 aliphatic rings. The number of unbranched alkanes of at least 4 members (excludes halogenated alkanes) is 1. The Morgan fingerprint density at radius 1 is 1.60 bits per heavy atom. The van der Waals surface area contributed by atoms with Crippen LogP contribution in [0.25, 0.3) is 0 Å². The molecule has 15 heavy (non-hydrogen) atoms. The number of nitrogens with one attached hydrogen (secondary N) is 1. The number of amides is 1. The van der Waals surface area contributed by atoms with E-state index in [-0.39, 0.29) is 12.5 Å². The molecule has 0 fully saturated rings. The van der Waals surface area contributed by atoms with Gasteiger partial charge in [0, 0.05) is 26.4 Å². The maximum atomic E-state index is 11.6. The normalized spacial score (nSPS) is 10.3. The quantitative estimate of drug-likeness (QED) is 0.747. The lowest BCUT2D eigenvalue weighted by Crippen LogP contribution is -2.26. The molecular weight excluding hydrogens is 216 g/mol. The molecule has 1 rings (SSSR count). The summed E-state index contributed by atoms with van der Waals surface area (Å²) in [7, 11) is 1.77. The fraction of sp³-hybridized carbons (Fsp3) is 0.500. The number of halogens is 1. The van der Waals surface area contributed by atoms with Gasteiger partial charge in [0.15, 0.2) is 0 Å². The van der Waals surface area contributed by atoms with Gasteiger partial charge >= 0.3 is 0 Å². The van der Waals surface area contributed by atoms with Crippen LogP contribution in [0.2, 0.25) is 5.02 Å². The van der Waals surface area contributed by atoms with Gasteiger partial charge in [-0.05, 0) is 18.9 Å². The Labute approximate surface area is 93.8 Å². The summed E-state index contributed by atoms with van der Waals surface area (Å²) in [5.74, 6) is -0.137. The Morgan fingerprint density at radius 2 is 2.33 bits per heavy atom. The number of rotatable bonds is 5. The van der Waals surface area contributed by atoms with Crippen molar-refractivity contribution in [3.63, 3.8) is 0 Å². The first-order valence-corrected chi connectivity index (χ1v) is 5.24. The van der Waals surface area contributed by atoms with Gasteiger partial charge in [0.2, 0.25) is 0 Å². The number of nitrogens with zero attached hydrogens (tertiary/aromatic N) is 1. The SMILES string of the molecule is Cn1cc(Cl)cc1C(=O)NCCCCO. The molecule has 0 unspecified atom stereocenters. The van der Waals surface area contributed by atoms with Crippen LogP contribution in [0.4, 0.5) is 0 Å². The molecule has 0 aliphatic heterocycles. The van der Waals surface area contributed by atoms with Crippen molar-refractivity contribution >= 4 is 17.5 Å². The van der Waals surface area contributed by atoms with E-state index in [2.05, 4.69) is 5.32 Å². The van der Waals surface area contributed by atoms with E-state index >= 15 is 0 Å². The van der Waals surface area contributed by atoms with Crippen LogP contribution in [0.5, 0.6) is 0 Å². The minimum absolute atomic E-state index is 0.137. The molecule has 1 aromatic rings. The van der Waals surface area contributed by atoms with Crippen LogP contribution in [0.15, 0.2) is 12.3 Å². The van der Waals surface area contributed by atoms with E-state index in [9.17, 15) is 4.79 Å². The zero-order valence-corrected chi connectivity index (χ0v) is 9.42. The number of carbonyl (C=O) groups is 1. The lowest BCUT2D eigenvalue weighted by atomic mass is 10.3. The Kier molecular flexibility index (Phi) is 4.65. The predicted octanol–water partition coefficient (Wildman–Crippen LogP) is 1.18. The minimum Gasteiger partial charge on any atom is -0.396 e. The van der Waals surface area contributed by atoms with Gasteiger partial charge in [0.05, 0.1) is 5.02 Å². The lowest BCUT2D eigenvalue weighted by Gasteiger charge is -2.04. The third kappa shape index (κ3) is 3.57. The van der Waals surface area contributed by atoms with E-state index in [1.807, 2.05) is 0 Å². The second kappa shape index (κ2) is 5.78. The van der Waals surface area contributed by atoms with Gasteiger partial charge in [-0.15, -0.1) is 0 Å². The largest absolute Gasteiger partial charge is 0.396 e. The van der Waals surface area contributed by atoms with Crippen molar-refractivity contribution in [3.8, 4) is 0 Å². The molecule has 4 nitrogen and oxygen atoms in total. The van der Waals surface area contributed by atoms with Crippen molar-refractivity contribution in [3.05, 3.63) is 23.0 Å². The highest BCUT2D eigenvalue weighted by Gasteiger charge is 2.09. The van der Waals surface area contributed by atoms with Crippen molar-refractivity contribution < 1.29 is 9.90 Å². The number of aryl methyl sites for hydroxylation is 1. The van der Waals surface area contributed by atoms with Crippen LogP contribution in [0.3, 0.4) is 0 Å². The molecule has 84 valence electrons. The third-order valence-electron chi connectivity index (χ3n) is 2.07. The zero-order chi connectivity index (χ0) is 11.3. The van der Waals surface area contributed by atoms with Gasteiger partial charge in [-0.1, -0.05) is 11.6 Å². The lowest BCUT2D eigenvalue weighted by molar-refractivity contribution is 0.0944. The number of hydrogen-bond acceptors (Lipinski definition) is 2. The fourth-order valence-electron chi connectivity index (χ4n) is 1.28. The van der Waals surface area contributed by atoms with E-state index < -0.39 is 0 Å². The van der Waals surface area contributed by atoms with Gasteiger partial charge in [-0.25, -0.2) is 0 Å². The number of aliphatic hydroxyl groups is 1. The summed E-state index contributed by atoms with van der Waals surface area (Å²) in [6.07, 6.45) is 3.17. The highest BCUT2D eigenvalue weighted by molar-refractivity contribution is 6.31. The molecule has 1 heterocycles. The summed E-state index contributed by atoms with van der Waals surface area (Å²) in [5.41, 5.74) is 0.545. The van der Waals surface area contributed by atoms with Crippen molar-refractivity contribution in [1.29, 1.82) is 0 Å². The maximum Gasteiger partial charge on any atom is 0.267 e. The second-order valence-electron chi connectivity index (χ2n) is 3.34. The van der Waals surface area contributed by atoms with Crippen molar-refractivity contribution in [1.82, 2.24) is 9.88 Å². The van der Waals surface area contributed by atoms with E-state index in [1.165, 1.54) is 0 Å². The van der Waals surface area contributed by atoms with Crippen LogP contribution in [-0.4, -0.2) is 28.7 Å². The summed E-state index contributed by atoms with van der Waals surface area (Å²) in [6, 6.07) is 1.63. The summed E-state index contributed by atoms with van der Waals surface area (Å²) in [5, 5.41) is 11.9. The first-order valence-electron chi connectivity index (χ1n) is 4.86. The Hall–Kier alpha value is -1.00. The fourth-order valence-corrected chi connectivity index (χ4v) is 1.53. The highest BCUT2D eigenvalue weighted by Crippen LogP contribution is 2.12. The first kappa shape index (κ1) is 12.1. The van der Waals surface area contributed by atoms with Gasteiger partial charge in [0.1, 0.15) is 5.69 Å². The van der Waals surface area contributed by atoms with Crippen LogP contribution in [-0.2, 0) is 7.05 Å². The molecule has 5 heteroatoms. The Morgan fingerprint density at radius 3 is 2.87 bits per heavy atom. The zero-order valence-electron chi connectivity index (χ0n) is 8.66. The number of aliphatic hydroxyl groups excluding tert-OH is 1. The van der Waals surface area contributed by atoms with Crippen molar-refractivity contribution in [2.45, 2.75) is 12.8 Å². The van der Waals surface area contributed by atoms with E-state index in [0.29, 0.717) is 23.7 Å². The summed E-state index contributed by atoms with van der Waals surface area (Å²) in [4.78, 5) is 11.6. The van der Waals surface area contributed by atoms with Crippen molar-refractivity contribution in [2.75, 3.05) is 13.2 Å². The number of hydrogen-bond donors (Lipinski definition) is 2. The molecule has 1 amide bonds. The molecule has 0 bridgehead atoms. The topological polar surface area (TPSA) is 54.3 Å². The van der Waals surface area contributed by atoms with Crippen LogP contribution in [0, 0.1) is 0 Å². The van der Waals surface area contributed by atoms with E-state index in [1.54, 1.807) is 23.9 Å². The summed E-state index contributed by atoms with van der Waals surface area (Å²) >= 11 is 5.76. The molecule has 0 aliphatic carbocycles. The number of aromatic nitrogens is 1. The van der Waals surface area contributed by atoms with Gasteiger partial charge in [0.25, 0.3) is 5.91 Å². The molecular formula is C10H15ClN2O2. The van der Waals surface area contributed by atoms with Gasteiger partial charge in [-0.3, -0.25) is 4.79 Å². The third-order valence-corrected chi connectivity index (χ3v) is 2.28. The Bertz CT molecular complexity index is 336. The summed E-state index contributed by atoms with van der Waals surface area (Å²) in [6.45, 7) is 0.730. The molecule has 2 N–H and O–H groups in total. The molecule has 0 saturated carbocycles. The van der Waals surface area contributed by atoms with E-state index in [0.717, 1.165) is 6.42 Å². The van der Waals surface area contributed by atoms with Gasteiger partial charge in [-0.2, -0.15) is 0 Å². The van der Waals surface area contributed by atoms with Crippen LogP contribution < -0.4 is 5.32 Å². The average Bonchev–Trinajstić information content (AvgIpc) is 2.52. The van der Waals surface area contributed by atoms with Crippen LogP contribution >= 0.6 is 11.6 Å². The van der Waals surface area contributed by atoms with Crippen LogP contribution in [0.1, 0.15) is 23.3 Å². The average molecular weight is 231 g/mol. The highest BCUT2D eigenvalue weighted by atomic mass is 35.5. The molecule has 0 aromatic carbocycles. The van der Waals surface area contributed by atoms with E-state index in [4.69, 9.17) is 16.7 Å². The van der Waals surface area contributed by atoms with Crippen molar-refractivity contribution in [2.24, 2.45) is 7.05 Å². The second-order valence-corrected chi connectivity index (χ2v) is 3.78. The molecule has 0 spiro atoms. The molecule has 1 aromatic heterocycles. The Balaban J connectivity index is 2.43. The standard InChI is InChI=1S/C10H15ClN2O2/c1-13-7-8(11)6-9(13)10(15)12-4-2-3-5-14/h6-7,14H,2-5H2,1H3,(H,12,15). The molecule has 0 radical (unpaired) electrons. The first-order chi connectivity index (χ1) is 7.15.